The van der Waals surface area contributed by atoms with Crippen LogP contribution >= 0.6 is 22.6 Å². The first-order valence-corrected chi connectivity index (χ1v) is 14.7. The molecule has 10 nitrogen and oxygen atoms in total. The number of alkyl carbamates (subject to hydrolysis) is 1. The van der Waals surface area contributed by atoms with Crippen LogP contribution in [-0.4, -0.2) is 84.6 Å². The molecule has 1 aromatic carbocycles. The van der Waals surface area contributed by atoms with E-state index in [0.717, 1.165) is 41.8 Å². The van der Waals surface area contributed by atoms with Gasteiger partial charge in [-0.3, -0.25) is 9.79 Å². The van der Waals surface area contributed by atoms with E-state index in [1.54, 1.807) is 0 Å². The number of ether oxygens (including phenoxy) is 2. The lowest BCUT2D eigenvalue weighted by Crippen LogP contribution is -2.54. The average molecular weight is 654 g/mol. The van der Waals surface area contributed by atoms with Gasteiger partial charge in [-0.05, 0) is 85.6 Å². The number of fused-ring (bicyclic) bond motifs is 1. The van der Waals surface area contributed by atoms with Gasteiger partial charge in [-0.1, -0.05) is 26.0 Å². The summed E-state index contributed by atoms with van der Waals surface area (Å²) in [5.41, 5.74) is 2.44. The number of benzene rings is 1. The second-order valence-electron chi connectivity index (χ2n) is 11.2. The van der Waals surface area contributed by atoms with E-state index in [9.17, 15) is 9.59 Å². The van der Waals surface area contributed by atoms with Crippen molar-refractivity contribution in [2.75, 3.05) is 38.7 Å². The normalized spacial score (nSPS) is 25.9. The molecular formula is C27H40BIN4O6. The quantitative estimate of drug-likeness (QED) is 0.286. The Hall–Kier alpha value is -1.90. The zero-order valence-electron chi connectivity index (χ0n) is 23.7. The number of anilines is 1. The van der Waals surface area contributed by atoms with E-state index in [2.05, 4.69) is 45.4 Å². The van der Waals surface area contributed by atoms with Gasteiger partial charge >= 0.3 is 13.2 Å². The number of amides is 2. The lowest BCUT2D eigenvalue weighted by molar-refractivity contribution is -0.134. The molecule has 0 bridgehead atoms. The van der Waals surface area contributed by atoms with Gasteiger partial charge in [0.25, 0.3) is 0 Å². The molecule has 1 aromatic rings. The van der Waals surface area contributed by atoms with E-state index in [-0.39, 0.29) is 17.9 Å². The third-order valence-electron chi connectivity index (χ3n) is 7.75. The maximum absolute atomic E-state index is 13.7. The van der Waals surface area contributed by atoms with Crippen molar-refractivity contribution < 1.29 is 28.4 Å². The Bertz CT molecular complexity index is 1080. The maximum atomic E-state index is 13.7. The molecule has 2 N–H and O–H groups in total. The minimum absolute atomic E-state index is 0.104. The number of hydrogen-bond acceptors (Lipinski definition) is 8. The molecular weight excluding hydrogens is 614 g/mol. The molecule has 4 rings (SSSR count). The third kappa shape index (κ3) is 6.71. The van der Waals surface area contributed by atoms with Crippen LogP contribution in [0.4, 0.5) is 10.5 Å². The summed E-state index contributed by atoms with van der Waals surface area (Å²) in [6.45, 7) is 12.1. The second-order valence-corrected chi connectivity index (χ2v) is 13.3. The first-order valence-electron chi connectivity index (χ1n) is 13.6. The number of halogens is 1. The predicted octanol–water partition coefficient (Wildman–Crippen LogP) is 3.11. The molecule has 0 aliphatic carbocycles. The van der Waals surface area contributed by atoms with Crippen molar-refractivity contribution in [2.24, 2.45) is 10.9 Å². The fraction of sp³-hybridized carbons (Fsp3) is 0.667. The highest BCUT2D eigenvalue weighted by Gasteiger charge is 2.53. The number of nitrogens with one attached hydrogen (secondary N) is 2. The number of carbonyl (C=O) groups is 2. The van der Waals surface area contributed by atoms with Gasteiger partial charge in [-0.2, -0.15) is 0 Å². The van der Waals surface area contributed by atoms with E-state index in [1.165, 1.54) is 7.11 Å². The van der Waals surface area contributed by atoms with Gasteiger partial charge in [0.2, 0.25) is 5.91 Å². The van der Waals surface area contributed by atoms with Crippen LogP contribution in [0.3, 0.4) is 0 Å². The minimum Gasteiger partial charge on any atom is -0.453 e. The van der Waals surface area contributed by atoms with Gasteiger partial charge in [0.05, 0.1) is 38.5 Å². The number of amidine groups is 1. The van der Waals surface area contributed by atoms with Crippen LogP contribution < -0.4 is 16.1 Å². The summed E-state index contributed by atoms with van der Waals surface area (Å²) >= 11 is 2.30. The van der Waals surface area contributed by atoms with Crippen molar-refractivity contribution in [3.63, 3.8) is 0 Å². The number of alkyl halides is 1. The largest absolute Gasteiger partial charge is 0.495 e. The molecule has 3 heterocycles. The Labute approximate surface area is 245 Å². The lowest BCUT2D eigenvalue weighted by atomic mass is 9.78. The molecule has 3 atom stereocenters. The van der Waals surface area contributed by atoms with Gasteiger partial charge in [0.15, 0.2) is 0 Å². The zero-order valence-corrected chi connectivity index (χ0v) is 25.9. The number of aliphatic imine (C=N–C) groups is 1. The maximum Gasteiger partial charge on any atom is 0.495 e. The Balaban J connectivity index is 1.62. The van der Waals surface area contributed by atoms with Crippen molar-refractivity contribution in [1.29, 1.82) is 0 Å². The van der Waals surface area contributed by atoms with E-state index >= 15 is 0 Å². The Morgan fingerprint density at radius 2 is 2.03 bits per heavy atom. The van der Waals surface area contributed by atoms with Crippen molar-refractivity contribution in [3.05, 3.63) is 23.8 Å². The second kappa shape index (κ2) is 12.3. The number of methoxy groups -OCH3 is 1. The summed E-state index contributed by atoms with van der Waals surface area (Å²) in [5, 5.41) is 6.31. The fourth-order valence-corrected chi connectivity index (χ4v) is 5.38. The summed E-state index contributed by atoms with van der Waals surface area (Å²) in [4.78, 5) is 32.3. The van der Waals surface area contributed by atoms with Crippen LogP contribution in [0.5, 0.6) is 0 Å². The molecule has 12 heteroatoms. The minimum atomic E-state index is -0.692. The Morgan fingerprint density at radius 1 is 1.26 bits per heavy atom. The van der Waals surface area contributed by atoms with Crippen LogP contribution in [0.15, 0.2) is 23.2 Å². The first kappa shape index (κ1) is 30.1. The molecule has 214 valence electrons. The molecule has 0 saturated carbocycles. The molecule has 0 radical (unpaired) electrons. The number of likely N-dealkylation sites (tertiary alicyclic amines) is 1. The van der Waals surface area contributed by atoms with Gasteiger partial charge in [0, 0.05) is 12.2 Å². The third-order valence-corrected chi connectivity index (χ3v) is 9.30. The van der Waals surface area contributed by atoms with Gasteiger partial charge in [0.1, 0.15) is 15.5 Å². The Morgan fingerprint density at radius 3 is 2.69 bits per heavy atom. The SMILES string of the molecule is COC(=O)N[C@H](C(=O)N1CCC[C@H]1C1=NCCOCCc2ccc(B3OC(C)(C)C(C)(I)O3)cc2N1)C(C)C. The van der Waals surface area contributed by atoms with Gasteiger partial charge < -0.3 is 34.3 Å². The van der Waals surface area contributed by atoms with E-state index in [1.807, 2.05) is 45.6 Å². The Kier molecular flexibility index (Phi) is 9.50. The van der Waals surface area contributed by atoms with Crippen LogP contribution in [0.25, 0.3) is 0 Å². The van der Waals surface area contributed by atoms with Crippen LogP contribution in [0, 0.1) is 5.92 Å². The molecule has 39 heavy (non-hydrogen) atoms. The number of nitrogens with zero attached hydrogens (tertiary/aromatic N) is 2. The number of rotatable bonds is 5. The summed E-state index contributed by atoms with van der Waals surface area (Å²) in [5.74, 6) is 0.478. The zero-order chi connectivity index (χ0) is 28.4. The highest BCUT2D eigenvalue weighted by molar-refractivity contribution is 14.1. The average Bonchev–Trinajstić information content (AvgIpc) is 3.45. The van der Waals surface area contributed by atoms with Crippen molar-refractivity contribution in [3.8, 4) is 0 Å². The highest BCUT2D eigenvalue weighted by atomic mass is 127. The van der Waals surface area contributed by atoms with Crippen LogP contribution in [0.1, 0.15) is 53.0 Å². The lowest BCUT2D eigenvalue weighted by Gasteiger charge is -2.32. The molecule has 3 aliphatic rings. The number of hydrogen-bond donors (Lipinski definition) is 2. The molecule has 2 fully saturated rings. The first-order chi connectivity index (χ1) is 18.4. The van der Waals surface area contributed by atoms with E-state index < -0.39 is 28.5 Å². The highest BCUT2D eigenvalue weighted by Crippen LogP contribution is 2.42. The summed E-state index contributed by atoms with van der Waals surface area (Å²) in [6, 6.07) is 5.24. The number of carbonyl (C=O) groups excluding carboxylic acids is 2. The topological polar surface area (TPSA) is 111 Å². The molecule has 0 spiro atoms. The molecule has 2 saturated heterocycles. The molecule has 1 unspecified atom stereocenters. The van der Waals surface area contributed by atoms with Crippen LogP contribution in [0.2, 0.25) is 0 Å². The molecule has 0 aromatic heterocycles. The summed E-state index contributed by atoms with van der Waals surface area (Å²) in [7, 11) is 0.799. The van der Waals surface area contributed by atoms with Crippen LogP contribution in [-0.2, 0) is 30.0 Å². The van der Waals surface area contributed by atoms with E-state index in [0.29, 0.717) is 26.3 Å². The van der Waals surface area contributed by atoms with Crippen molar-refractivity contribution >= 4 is 58.7 Å². The smallest absolute Gasteiger partial charge is 0.453 e. The predicted molar refractivity (Wildman–Crippen MR) is 160 cm³/mol. The summed E-state index contributed by atoms with van der Waals surface area (Å²) in [6.07, 6.45) is 1.74. The van der Waals surface area contributed by atoms with Gasteiger partial charge in [-0.15, -0.1) is 0 Å². The van der Waals surface area contributed by atoms with Crippen molar-refractivity contribution in [2.45, 2.75) is 75.2 Å². The molecule has 3 aliphatic heterocycles. The van der Waals surface area contributed by atoms with Crippen molar-refractivity contribution in [1.82, 2.24) is 10.2 Å². The standard InChI is InChI=1S/C27H40BIN4O6/c1-17(2)22(32-25(35)36-6)24(34)33-13-7-8-21(33)23-30-12-15-37-14-11-18-9-10-19(16-20(18)31-23)28-38-26(3,4)27(5,29)39-28/h9-10,16-17,21-22H,7-8,11-15H2,1-6H3,(H,30,31)(H,32,35)/t21-,22-,27?/m0/s1. The summed E-state index contributed by atoms with van der Waals surface area (Å²) < 4.78 is 22.7. The van der Waals surface area contributed by atoms with Gasteiger partial charge in [-0.25, -0.2) is 4.79 Å². The fourth-order valence-electron chi connectivity index (χ4n) is 5.02. The van der Waals surface area contributed by atoms with E-state index in [4.69, 9.17) is 23.8 Å². The monoisotopic (exact) mass is 654 g/mol. The molecule has 2 amide bonds.